The molecule has 136 valence electrons. The Hall–Kier alpha value is -2.93. The van der Waals surface area contributed by atoms with E-state index in [0.717, 1.165) is 5.69 Å². The Kier molecular flexibility index (Phi) is 5.80. The molecule has 0 spiro atoms. The topological polar surface area (TPSA) is 64.7 Å². The van der Waals surface area contributed by atoms with E-state index in [1.807, 2.05) is 35.2 Å². The Morgan fingerprint density at radius 1 is 0.846 bits per heavy atom. The first-order chi connectivity index (χ1) is 12.6. The Morgan fingerprint density at radius 3 is 2.12 bits per heavy atom. The number of carbonyl (C=O) groups is 2. The highest BCUT2D eigenvalue weighted by Crippen LogP contribution is 2.11. The highest BCUT2D eigenvalue weighted by Gasteiger charge is 2.22. The van der Waals surface area contributed by atoms with E-state index < -0.39 is 0 Å². The average molecular weight is 356 g/mol. The van der Waals surface area contributed by atoms with Crippen molar-refractivity contribution in [1.29, 1.82) is 0 Å². The summed E-state index contributed by atoms with van der Waals surface area (Å²) in [5, 5.41) is 5.61. The van der Waals surface area contributed by atoms with Crippen LogP contribution in [0.2, 0.25) is 0 Å². The van der Waals surface area contributed by atoms with Gasteiger partial charge in [-0.2, -0.15) is 0 Å². The molecule has 0 unspecified atom stereocenters. The molecule has 1 saturated heterocycles. The van der Waals surface area contributed by atoms with Crippen LogP contribution in [-0.2, 0) is 4.79 Å². The van der Waals surface area contributed by atoms with Gasteiger partial charge in [-0.25, -0.2) is 9.18 Å². The molecule has 0 aliphatic carbocycles. The molecule has 1 fully saturated rings. The standard InChI is InChI=1S/C19H21FN4O2/c20-15-6-8-17(9-7-15)22-19(26)24-12-10-23(11-13-24)14-18(25)21-16-4-2-1-3-5-16/h1-9H,10-14H2,(H,21,25)(H,22,26). The van der Waals surface area contributed by atoms with Crippen LogP contribution < -0.4 is 10.6 Å². The molecule has 2 aromatic carbocycles. The Bertz CT molecular complexity index is 744. The summed E-state index contributed by atoms with van der Waals surface area (Å²) in [4.78, 5) is 28.0. The molecule has 26 heavy (non-hydrogen) atoms. The fourth-order valence-electron chi connectivity index (χ4n) is 2.77. The van der Waals surface area contributed by atoms with Crippen molar-refractivity contribution in [2.45, 2.75) is 0 Å². The second-order valence-electron chi connectivity index (χ2n) is 6.11. The van der Waals surface area contributed by atoms with Gasteiger partial charge in [-0.05, 0) is 36.4 Å². The lowest BCUT2D eigenvalue weighted by atomic mass is 10.3. The van der Waals surface area contributed by atoms with E-state index >= 15 is 0 Å². The van der Waals surface area contributed by atoms with Gasteiger partial charge in [0.05, 0.1) is 6.54 Å². The molecule has 3 rings (SSSR count). The molecule has 0 saturated carbocycles. The van der Waals surface area contributed by atoms with Crippen molar-refractivity contribution in [2.75, 3.05) is 43.4 Å². The lowest BCUT2D eigenvalue weighted by Crippen LogP contribution is -2.51. The Balaban J connectivity index is 1.42. The lowest BCUT2D eigenvalue weighted by molar-refractivity contribution is -0.117. The van der Waals surface area contributed by atoms with Crippen molar-refractivity contribution in [3.8, 4) is 0 Å². The summed E-state index contributed by atoms with van der Waals surface area (Å²) in [5.74, 6) is -0.411. The lowest BCUT2D eigenvalue weighted by Gasteiger charge is -2.34. The van der Waals surface area contributed by atoms with Crippen LogP contribution in [0.5, 0.6) is 0 Å². The van der Waals surface area contributed by atoms with Crippen molar-refractivity contribution >= 4 is 23.3 Å². The molecule has 1 aliphatic heterocycles. The number of nitrogens with zero attached hydrogens (tertiary/aromatic N) is 2. The molecular weight excluding hydrogens is 335 g/mol. The normalized spacial score (nSPS) is 14.7. The number of amides is 3. The summed E-state index contributed by atoms with van der Waals surface area (Å²) in [5.41, 5.74) is 1.33. The summed E-state index contributed by atoms with van der Waals surface area (Å²) >= 11 is 0. The van der Waals surface area contributed by atoms with Gasteiger partial charge < -0.3 is 15.5 Å². The number of halogens is 1. The number of carbonyl (C=O) groups excluding carboxylic acids is 2. The van der Waals surface area contributed by atoms with Crippen LogP contribution >= 0.6 is 0 Å². The van der Waals surface area contributed by atoms with E-state index in [1.165, 1.54) is 24.3 Å². The summed E-state index contributed by atoms with van der Waals surface area (Å²) in [6.45, 7) is 2.61. The highest BCUT2D eigenvalue weighted by molar-refractivity contribution is 5.92. The molecule has 0 aromatic heterocycles. The van der Waals surface area contributed by atoms with Gasteiger partial charge in [0.25, 0.3) is 0 Å². The Labute approximate surface area is 151 Å². The average Bonchev–Trinajstić information content (AvgIpc) is 2.65. The minimum atomic E-state index is -0.342. The van der Waals surface area contributed by atoms with Crippen molar-refractivity contribution in [3.63, 3.8) is 0 Å². The number of piperazine rings is 1. The van der Waals surface area contributed by atoms with E-state index in [9.17, 15) is 14.0 Å². The number of hydrogen-bond donors (Lipinski definition) is 2. The second kappa shape index (κ2) is 8.44. The summed E-state index contributed by atoms with van der Waals surface area (Å²) < 4.78 is 12.9. The minimum absolute atomic E-state index is 0.0691. The van der Waals surface area contributed by atoms with Gasteiger partial charge in [-0.1, -0.05) is 18.2 Å². The van der Waals surface area contributed by atoms with Crippen LogP contribution in [0.4, 0.5) is 20.6 Å². The molecule has 2 N–H and O–H groups in total. The van der Waals surface area contributed by atoms with Gasteiger partial charge in [0.2, 0.25) is 5.91 Å². The van der Waals surface area contributed by atoms with Crippen molar-refractivity contribution in [3.05, 3.63) is 60.4 Å². The predicted octanol–water partition coefficient (Wildman–Crippen LogP) is 2.61. The van der Waals surface area contributed by atoms with Gasteiger partial charge in [-0.3, -0.25) is 9.69 Å². The summed E-state index contributed by atoms with van der Waals surface area (Å²) in [6, 6.07) is 14.8. The largest absolute Gasteiger partial charge is 0.325 e. The quantitative estimate of drug-likeness (QED) is 0.885. The van der Waals surface area contributed by atoms with E-state index in [1.54, 1.807) is 4.90 Å². The highest BCUT2D eigenvalue weighted by atomic mass is 19.1. The molecular formula is C19H21FN4O2. The first-order valence-electron chi connectivity index (χ1n) is 8.49. The van der Waals surface area contributed by atoms with Gasteiger partial charge in [-0.15, -0.1) is 0 Å². The number of nitrogens with one attached hydrogen (secondary N) is 2. The third kappa shape index (κ3) is 5.03. The van der Waals surface area contributed by atoms with Crippen molar-refractivity contribution in [2.24, 2.45) is 0 Å². The summed E-state index contributed by atoms with van der Waals surface area (Å²) in [7, 11) is 0. The van der Waals surface area contributed by atoms with Gasteiger partial charge >= 0.3 is 6.03 Å². The maximum Gasteiger partial charge on any atom is 0.321 e. The molecule has 0 radical (unpaired) electrons. The Morgan fingerprint density at radius 2 is 1.46 bits per heavy atom. The number of anilines is 2. The zero-order valence-electron chi connectivity index (χ0n) is 14.3. The number of para-hydroxylation sites is 1. The number of urea groups is 1. The van der Waals surface area contributed by atoms with Crippen LogP contribution in [-0.4, -0.2) is 54.5 Å². The van der Waals surface area contributed by atoms with Crippen LogP contribution in [0.25, 0.3) is 0 Å². The van der Waals surface area contributed by atoms with Crippen LogP contribution in [0.15, 0.2) is 54.6 Å². The molecule has 1 aliphatic rings. The molecule has 1 heterocycles. The zero-order valence-corrected chi connectivity index (χ0v) is 14.3. The molecule has 2 aromatic rings. The van der Waals surface area contributed by atoms with E-state index in [-0.39, 0.29) is 17.8 Å². The SMILES string of the molecule is O=C(CN1CCN(C(=O)Nc2ccc(F)cc2)CC1)Nc1ccccc1. The van der Waals surface area contributed by atoms with Gasteiger partial charge in [0.1, 0.15) is 5.82 Å². The summed E-state index contributed by atoms with van der Waals surface area (Å²) in [6.07, 6.45) is 0. The maximum atomic E-state index is 12.9. The monoisotopic (exact) mass is 356 g/mol. The first-order valence-corrected chi connectivity index (χ1v) is 8.49. The van der Waals surface area contributed by atoms with E-state index in [2.05, 4.69) is 10.6 Å². The van der Waals surface area contributed by atoms with Gasteiger partial charge in [0.15, 0.2) is 0 Å². The first kappa shape index (κ1) is 17.9. The molecule has 0 bridgehead atoms. The van der Waals surface area contributed by atoms with E-state index in [4.69, 9.17) is 0 Å². The van der Waals surface area contributed by atoms with Crippen LogP contribution in [0.1, 0.15) is 0 Å². The molecule has 0 atom stereocenters. The maximum absolute atomic E-state index is 12.9. The molecule has 7 heteroatoms. The predicted molar refractivity (Wildman–Crippen MR) is 98.5 cm³/mol. The number of benzene rings is 2. The van der Waals surface area contributed by atoms with Gasteiger partial charge in [0, 0.05) is 37.6 Å². The van der Waals surface area contributed by atoms with E-state index in [0.29, 0.717) is 38.4 Å². The fraction of sp³-hybridized carbons (Fsp3) is 0.263. The van der Waals surface area contributed by atoms with Crippen molar-refractivity contribution in [1.82, 2.24) is 9.80 Å². The number of hydrogen-bond acceptors (Lipinski definition) is 3. The van der Waals surface area contributed by atoms with Crippen LogP contribution in [0, 0.1) is 5.82 Å². The third-order valence-electron chi connectivity index (χ3n) is 4.18. The molecule has 6 nitrogen and oxygen atoms in total. The zero-order chi connectivity index (χ0) is 18.4. The second-order valence-corrected chi connectivity index (χ2v) is 6.11. The van der Waals surface area contributed by atoms with Crippen LogP contribution in [0.3, 0.4) is 0 Å². The molecule has 3 amide bonds. The van der Waals surface area contributed by atoms with Crippen molar-refractivity contribution < 1.29 is 14.0 Å². The third-order valence-corrected chi connectivity index (χ3v) is 4.18. The number of rotatable bonds is 4. The fourth-order valence-corrected chi connectivity index (χ4v) is 2.77. The minimum Gasteiger partial charge on any atom is -0.325 e. The smallest absolute Gasteiger partial charge is 0.321 e.